The monoisotopic (exact) mass is 361 g/mol. The Bertz CT molecular complexity index is 900. The van der Waals surface area contributed by atoms with Crippen LogP contribution in [-0.2, 0) is 0 Å². The SMILES string of the molecule is COc1cc(OC)cc(C(=O)N[C@@H](c2ccccc2)c2ccccc2C)c1. The van der Waals surface area contributed by atoms with Gasteiger partial charge in [-0.3, -0.25) is 4.79 Å². The van der Waals surface area contributed by atoms with Gasteiger partial charge in [-0.1, -0.05) is 54.6 Å². The number of hydrogen-bond donors (Lipinski definition) is 1. The van der Waals surface area contributed by atoms with Crippen LogP contribution in [-0.4, -0.2) is 20.1 Å². The molecule has 0 aliphatic heterocycles. The average molecular weight is 361 g/mol. The van der Waals surface area contributed by atoms with Crippen molar-refractivity contribution in [3.63, 3.8) is 0 Å². The molecule has 4 nitrogen and oxygen atoms in total. The molecular formula is C23H23NO3. The summed E-state index contributed by atoms with van der Waals surface area (Å²) in [5.41, 5.74) is 3.69. The van der Waals surface area contributed by atoms with Gasteiger partial charge < -0.3 is 14.8 Å². The molecule has 138 valence electrons. The minimum atomic E-state index is -0.253. The van der Waals surface area contributed by atoms with Crippen molar-refractivity contribution < 1.29 is 14.3 Å². The predicted molar refractivity (Wildman–Crippen MR) is 106 cm³/mol. The smallest absolute Gasteiger partial charge is 0.252 e. The molecule has 0 aliphatic rings. The van der Waals surface area contributed by atoms with Gasteiger partial charge in [0.25, 0.3) is 5.91 Å². The van der Waals surface area contributed by atoms with Gasteiger partial charge in [-0.05, 0) is 35.7 Å². The van der Waals surface area contributed by atoms with E-state index in [9.17, 15) is 4.79 Å². The molecule has 0 saturated heterocycles. The summed E-state index contributed by atoms with van der Waals surface area (Å²) in [6.07, 6.45) is 0. The summed E-state index contributed by atoms with van der Waals surface area (Å²) in [4.78, 5) is 13.0. The molecule has 0 spiro atoms. The first-order chi connectivity index (χ1) is 13.1. The molecule has 0 radical (unpaired) electrons. The van der Waals surface area contributed by atoms with E-state index in [0.717, 1.165) is 16.7 Å². The van der Waals surface area contributed by atoms with Crippen molar-refractivity contribution in [2.75, 3.05) is 14.2 Å². The van der Waals surface area contributed by atoms with Crippen LogP contribution in [0.15, 0.2) is 72.8 Å². The fourth-order valence-electron chi connectivity index (χ4n) is 3.05. The highest BCUT2D eigenvalue weighted by atomic mass is 16.5. The van der Waals surface area contributed by atoms with Crippen molar-refractivity contribution in [3.05, 3.63) is 95.1 Å². The summed E-state index contributed by atoms with van der Waals surface area (Å²) in [6.45, 7) is 2.05. The summed E-state index contributed by atoms with van der Waals surface area (Å²) in [5, 5.41) is 3.16. The van der Waals surface area contributed by atoms with E-state index in [1.165, 1.54) is 0 Å². The van der Waals surface area contributed by atoms with Crippen LogP contribution in [0.3, 0.4) is 0 Å². The number of methoxy groups -OCH3 is 2. The third kappa shape index (κ3) is 4.29. The summed E-state index contributed by atoms with van der Waals surface area (Å²) in [5.74, 6) is 0.961. The fourth-order valence-corrected chi connectivity index (χ4v) is 3.05. The first-order valence-electron chi connectivity index (χ1n) is 8.76. The van der Waals surface area contributed by atoms with Crippen molar-refractivity contribution in [2.45, 2.75) is 13.0 Å². The van der Waals surface area contributed by atoms with Crippen LogP contribution < -0.4 is 14.8 Å². The highest BCUT2D eigenvalue weighted by molar-refractivity contribution is 5.95. The Kier molecular flexibility index (Phi) is 5.77. The molecule has 1 amide bonds. The van der Waals surface area contributed by atoms with Crippen LogP contribution in [0.2, 0.25) is 0 Å². The van der Waals surface area contributed by atoms with Gasteiger partial charge in [-0.2, -0.15) is 0 Å². The number of rotatable bonds is 6. The van der Waals surface area contributed by atoms with Crippen molar-refractivity contribution >= 4 is 5.91 Å². The van der Waals surface area contributed by atoms with Crippen molar-refractivity contribution in [1.29, 1.82) is 0 Å². The molecule has 4 heteroatoms. The molecule has 3 aromatic carbocycles. The number of carbonyl (C=O) groups is 1. The molecule has 27 heavy (non-hydrogen) atoms. The number of carbonyl (C=O) groups excluding carboxylic acids is 1. The van der Waals surface area contributed by atoms with Gasteiger partial charge in [0.05, 0.1) is 20.3 Å². The third-order valence-electron chi connectivity index (χ3n) is 4.52. The molecule has 0 saturated carbocycles. The Labute approximate surface area is 159 Å². The Hall–Kier alpha value is -3.27. The molecule has 0 bridgehead atoms. The Morgan fingerprint density at radius 1 is 0.852 bits per heavy atom. The van der Waals surface area contributed by atoms with Crippen molar-refractivity contribution in [1.82, 2.24) is 5.32 Å². The summed E-state index contributed by atoms with van der Waals surface area (Å²) < 4.78 is 10.6. The number of amides is 1. The van der Waals surface area contributed by atoms with Gasteiger partial charge >= 0.3 is 0 Å². The van der Waals surface area contributed by atoms with Crippen LogP contribution in [0, 0.1) is 6.92 Å². The second-order valence-electron chi connectivity index (χ2n) is 6.28. The van der Waals surface area contributed by atoms with E-state index in [1.807, 2.05) is 61.5 Å². The molecule has 0 aromatic heterocycles. The van der Waals surface area contributed by atoms with E-state index in [4.69, 9.17) is 9.47 Å². The minimum absolute atomic E-state index is 0.190. The van der Waals surface area contributed by atoms with E-state index in [1.54, 1.807) is 32.4 Å². The topological polar surface area (TPSA) is 47.6 Å². The van der Waals surface area contributed by atoms with E-state index in [0.29, 0.717) is 17.1 Å². The lowest BCUT2D eigenvalue weighted by atomic mass is 9.94. The zero-order chi connectivity index (χ0) is 19.2. The maximum Gasteiger partial charge on any atom is 0.252 e. The van der Waals surface area contributed by atoms with Gasteiger partial charge in [-0.25, -0.2) is 0 Å². The fraction of sp³-hybridized carbons (Fsp3) is 0.174. The molecule has 0 heterocycles. The van der Waals surface area contributed by atoms with E-state index >= 15 is 0 Å². The quantitative estimate of drug-likeness (QED) is 0.702. The molecule has 3 rings (SSSR count). The van der Waals surface area contributed by atoms with Gasteiger partial charge in [0, 0.05) is 11.6 Å². The van der Waals surface area contributed by atoms with Crippen LogP contribution in [0.5, 0.6) is 11.5 Å². The highest BCUT2D eigenvalue weighted by Gasteiger charge is 2.20. The first-order valence-corrected chi connectivity index (χ1v) is 8.76. The molecular weight excluding hydrogens is 338 g/mol. The van der Waals surface area contributed by atoms with Gasteiger partial charge in [0.2, 0.25) is 0 Å². The van der Waals surface area contributed by atoms with Crippen molar-refractivity contribution in [2.24, 2.45) is 0 Å². The summed E-state index contributed by atoms with van der Waals surface area (Å²) >= 11 is 0. The number of hydrogen-bond acceptors (Lipinski definition) is 3. The minimum Gasteiger partial charge on any atom is -0.497 e. The molecule has 3 aromatic rings. The predicted octanol–water partition coefficient (Wildman–Crippen LogP) is 4.53. The van der Waals surface area contributed by atoms with Gasteiger partial charge in [-0.15, -0.1) is 0 Å². The largest absolute Gasteiger partial charge is 0.497 e. The van der Waals surface area contributed by atoms with Crippen LogP contribution >= 0.6 is 0 Å². The number of benzene rings is 3. The Balaban J connectivity index is 1.98. The average Bonchev–Trinajstić information content (AvgIpc) is 2.72. The standard InChI is InChI=1S/C23H23NO3/c1-16-9-7-8-12-21(16)22(17-10-5-4-6-11-17)24-23(25)18-13-19(26-2)15-20(14-18)27-3/h4-15,22H,1-3H3,(H,24,25)/t22-/m0/s1. The van der Waals surface area contributed by atoms with Crippen LogP contribution in [0.25, 0.3) is 0 Å². The number of aryl methyl sites for hydroxylation is 1. The zero-order valence-corrected chi connectivity index (χ0v) is 15.7. The lowest BCUT2D eigenvalue weighted by Gasteiger charge is -2.22. The number of nitrogens with one attached hydrogen (secondary N) is 1. The maximum absolute atomic E-state index is 13.0. The van der Waals surface area contributed by atoms with Gasteiger partial charge in [0.1, 0.15) is 11.5 Å². The van der Waals surface area contributed by atoms with E-state index in [-0.39, 0.29) is 11.9 Å². The second kappa shape index (κ2) is 8.41. The van der Waals surface area contributed by atoms with Crippen LogP contribution in [0.4, 0.5) is 0 Å². The first kappa shape index (κ1) is 18.5. The lowest BCUT2D eigenvalue weighted by molar-refractivity contribution is 0.0942. The highest BCUT2D eigenvalue weighted by Crippen LogP contribution is 2.27. The Morgan fingerprint density at radius 3 is 2.04 bits per heavy atom. The van der Waals surface area contributed by atoms with E-state index in [2.05, 4.69) is 5.32 Å². The van der Waals surface area contributed by atoms with Gasteiger partial charge in [0.15, 0.2) is 0 Å². The van der Waals surface area contributed by atoms with Crippen molar-refractivity contribution in [3.8, 4) is 11.5 Å². The van der Waals surface area contributed by atoms with Crippen LogP contribution in [0.1, 0.15) is 33.1 Å². The maximum atomic E-state index is 13.0. The molecule has 1 atom stereocenters. The zero-order valence-electron chi connectivity index (χ0n) is 15.7. The lowest BCUT2D eigenvalue weighted by Crippen LogP contribution is -2.29. The molecule has 0 unspecified atom stereocenters. The third-order valence-corrected chi connectivity index (χ3v) is 4.52. The normalized spacial score (nSPS) is 11.5. The number of ether oxygens (including phenoxy) is 2. The van der Waals surface area contributed by atoms with E-state index < -0.39 is 0 Å². The molecule has 0 fully saturated rings. The second-order valence-corrected chi connectivity index (χ2v) is 6.28. The Morgan fingerprint density at radius 2 is 1.44 bits per heavy atom. The molecule has 1 N–H and O–H groups in total. The molecule has 0 aliphatic carbocycles. The summed E-state index contributed by atoms with van der Waals surface area (Å²) in [6, 6.07) is 22.9. The summed E-state index contributed by atoms with van der Waals surface area (Å²) in [7, 11) is 3.13.